The normalized spacial score (nSPS) is 10.3. The maximum atomic E-state index is 11.1. The van der Waals surface area contributed by atoms with Crippen molar-refractivity contribution in [1.82, 2.24) is 0 Å². The minimum Gasteiger partial charge on any atom is -0.381 e. The molecule has 2 aromatic carbocycles. The monoisotopic (exact) mass is 282 g/mol. The van der Waals surface area contributed by atoms with Gasteiger partial charge in [-0.2, -0.15) is 0 Å². The molecule has 0 heterocycles. The smallest absolute Gasteiger partial charge is 0.221 e. The predicted octanol–water partition coefficient (Wildman–Crippen LogP) is 4.18. The summed E-state index contributed by atoms with van der Waals surface area (Å²) in [4.78, 5) is 11.1. The Labute approximate surface area is 126 Å². The molecule has 0 radical (unpaired) electrons. The first-order valence-corrected chi connectivity index (χ1v) is 7.14. The Kier molecular flexibility index (Phi) is 4.63. The van der Waals surface area contributed by atoms with Crippen LogP contribution in [0.2, 0.25) is 0 Å². The Morgan fingerprint density at radius 2 is 1.71 bits per heavy atom. The second kappa shape index (κ2) is 6.44. The largest absolute Gasteiger partial charge is 0.381 e. The van der Waals surface area contributed by atoms with Crippen molar-refractivity contribution in [3.63, 3.8) is 0 Å². The lowest BCUT2D eigenvalue weighted by atomic mass is 10.1. The number of nitrogens with one attached hydrogen (secondary N) is 2. The first kappa shape index (κ1) is 15.1. The maximum Gasteiger partial charge on any atom is 0.221 e. The molecule has 21 heavy (non-hydrogen) atoms. The second-order valence-corrected chi connectivity index (χ2v) is 5.49. The fraction of sp³-hybridized carbons (Fsp3) is 0.278. The summed E-state index contributed by atoms with van der Waals surface area (Å²) >= 11 is 0. The summed E-state index contributed by atoms with van der Waals surface area (Å²) in [5.41, 5.74) is 6.86. The van der Waals surface area contributed by atoms with Crippen molar-refractivity contribution in [2.24, 2.45) is 0 Å². The Hall–Kier alpha value is -2.29. The van der Waals surface area contributed by atoms with Gasteiger partial charge in [0.05, 0.1) is 0 Å². The third-order valence-corrected chi connectivity index (χ3v) is 3.53. The molecule has 0 spiro atoms. The van der Waals surface area contributed by atoms with Crippen molar-refractivity contribution in [3.05, 3.63) is 58.7 Å². The van der Waals surface area contributed by atoms with E-state index in [-0.39, 0.29) is 5.91 Å². The topological polar surface area (TPSA) is 41.1 Å². The van der Waals surface area contributed by atoms with Gasteiger partial charge in [0, 0.05) is 24.8 Å². The quantitative estimate of drug-likeness (QED) is 0.883. The second-order valence-electron chi connectivity index (χ2n) is 5.49. The predicted molar refractivity (Wildman–Crippen MR) is 88.7 cm³/mol. The minimum atomic E-state index is -0.0562. The van der Waals surface area contributed by atoms with Gasteiger partial charge in [0.2, 0.25) is 5.91 Å². The number of benzene rings is 2. The minimum absolute atomic E-state index is 0.0562. The van der Waals surface area contributed by atoms with Crippen molar-refractivity contribution in [2.45, 2.75) is 34.2 Å². The van der Waals surface area contributed by atoms with E-state index >= 15 is 0 Å². The molecule has 0 aliphatic carbocycles. The Bertz CT molecular complexity index is 662. The van der Waals surface area contributed by atoms with Crippen molar-refractivity contribution in [2.75, 3.05) is 10.6 Å². The summed E-state index contributed by atoms with van der Waals surface area (Å²) in [6.45, 7) is 8.58. The van der Waals surface area contributed by atoms with Crippen LogP contribution >= 0.6 is 0 Å². The molecule has 0 bridgehead atoms. The molecule has 0 saturated carbocycles. The van der Waals surface area contributed by atoms with Crippen LogP contribution < -0.4 is 10.6 Å². The molecular weight excluding hydrogens is 260 g/mol. The van der Waals surface area contributed by atoms with Crippen LogP contribution in [-0.4, -0.2) is 5.91 Å². The Balaban J connectivity index is 2.15. The number of amides is 1. The van der Waals surface area contributed by atoms with Crippen LogP contribution in [0, 0.1) is 20.8 Å². The Morgan fingerprint density at radius 1 is 1.00 bits per heavy atom. The summed E-state index contributed by atoms with van der Waals surface area (Å²) < 4.78 is 0. The third-order valence-electron chi connectivity index (χ3n) is 3.53. The van der Waals surface area contributed by atoms with Gasteiger partial charge in [0.25, 0.3) is 0 Å². The zero-order valence-corrected chi connectivity index (χ0v) is 13.1. The van der Waals surface area contributed by atoms with Crippen molar-refractivity contribution >= 4 is 17.3 Å². The highest BCUT2D eigenvalue weighted by Crippen LogP contribution is 2.22. The first-order chi connectivity index (χ1) is 9.95. The van der Waals surface area contributed by atoms with Crippen LogP contribution in [0.25, 0.3) is 0 Å². The third kappa shape index (κ3) is 4.09. The van der Waals surface area contributed by atoms with E-state index < -0.39 is 0 Å². The van der Waals surface area contributed by atoms with Gasteiger partial charge in [-0.05, 0) is 49.6 Å². The highest BCUT2D eigenvalue weighted by molar-refractivity contribution is 5.89. The molecule has 2 aromatic rings. The number of carbonyl (C=O) groups excluding carboxylic acids is 1. The zero-order chi connectivity index (χ0) is 15.4. The number of anilines is 2. The molecule has 0 saturated heterocycles. The molecule has 0 fully saturated rings. The van der Waals surface area contributed by atoms with Crippen LogP contribution in [0.5, 0.6) is 0 Å². The number of hydrogen-bond acceptors (Lipinski definition) is 2. The van der Waals surface area contributed by atoms with Gasteiger partial charge in [-0.1, -0.05) is 29.8 Å². The Morgan fingerprint density at radius 3 is 2.43 bits per heavy atom. The number of carbonyl (C=O) groups is 1. The summed E-state index contributed by atoms with van der Waals surface area (Å²) in [5.74, 6) is -0.0562. The molecule has 0 unspecified atom stereocenters. The average Bonchev–Trinajstić information content (AvgIpc) is 2.42. The van der Waals surface area contributed by atoms with E-state index in [0.29, 0.717) is 0 Å². The molecular formula is C18H22N2O. The molecule has 3 nitrogen and oxygen atoms in total. The molecule has 2 rings (SSSR count). The lowest BCUT2D eigenvalue weighted by Gasteiger charge is -2.13. The molecule has 2 N–H and O–H groups in total. The summed E-state index contributed by atoms with van der Waals surface area (Å²) in [6.07, 6.45) is 0. The van der Waals surface area contributed by atoms with Gasteiger partial charge < -0.3 is 10.6 Å². The van der Waals surface area contributed by atoms with Crippen LogP contribution in [0.15, 0.2) is 36.4 Å². The summed E-state index contributed by atoms with van der Waals surface area (Å²) in [6, 6.07) is 12.4. The number of rotatable bonds is 4. The molecule has 0 aromatic heterocycles. The van der Waals surface area contributed by atoms with E-state index in [9.17, 15) is 4.79 Å². The van der Waals surface area contributed by atoms with Crippen LogP contribution in [-0.2, 0) is 11.3 Å². The lowest BCUT2D eigenvalue weighted by Crippen LogP contribution is -2.07. The molecule has 110 valence electrons. The summed E-state index contributed by atoms with van der Waals surface area (Å²) in [5, 5.41) is 6.27. The molecule has 3 heteroatoms. The fourth-order valence-corrected chi connectivity index (χ4v) is 2.27. The molecule has 0 atom stereocenters. The average molecular weight is 282 g/mol. The maximum absolute atomic E-state index is 11.1. The zero-order valence-electron chi connectivity index (χ0n) is 13.1. The van der Waals surface area contributed by atoms with E-state index in [4.69, 9.17) is 0 Å². The summed E-state index contributed by atoms with van der Waals surface area (Å²) in [7, 11) is 0. The van der Waals surface area contributed by atoms with Gasteiger partial charge in [-0.15, -0.1) is 0 Å². The van der Waals surface area contributed by atoms with Gasteiger partial charge in [0.15, 0.2) is 0 Å². The van der Waals surface area contributed by atoms with Gasteiger partial charge in [0.1, 0.15) is 0 Å². The SMILES string of the molecule is CC(=O)Nc1ccc(C)c(NCc2cc(C)ccc2C)c1. The first-order valence-electron chi connectivity index (χ1n) is 7.14. The fourth-order valence-electron chi connectivity index (χ4n) is 2.27. The lowest BCUT2D eigenvalue weighted by molar-refractivity contribution is -0.114. The van der Waals surface area contributed by atoms with E-state index in [1.165, 1.54) is 23.6 Å². The van der Waals surface area contributed by atoms with E-state index in [1.807, 2.05) is 18.2 Å². The highest BCUT2D eigenvalue weighted by Gasteiger charge is 2.03. The van der Waals surface area contributed by atoms with Gasteiger partial charge in [-0.25, -0.2) is 0 Å². The highest BCUT2D eigenvalue weighted by atomic mass is 16.1. The van der Waals surface area contributed by atoms with Crippen LogP contribution in [0.4, 0.5) is 11.4 Å². The van der Waals surface area contributed by atoms with E-state index in [1.54, 1.807) is 0 Å². The molecule has 1 amide bonds. The van der Waals surface area contributed by atoms with Crippen molar-refractivity contribution < 1.29 is 4.79 Å². The van der Waals surface area contributed by atoms with Crippen LogP contribution in [0.1, 0.15) is 29.2 Å². The van der Waals surface area contributed by atoms with E-state index in [0.717, 1.165) is 23.5 Å². The standard InChI is InChI=1S/C18H22N2O/c1-12-5-6-13(2)16(9-12)11-19-18-10-17(20-15(4)21)8-7-14(18)3/h5-10,19H,11H2,1-4H3,(H,20,21). The number of hydrogen-bond donors (Lipinski definition) is 2. The van der Waals surface area contributed by atoms with E-state index in [2.05, 4.69) is 49.6 Å². The van der Waals surface area contributed by atoms with Crippen molar-refractivity contribution in [1.29, 1.82) is 0 Å². The number of aryl methyl sites for hydroxylation is 3. The van der Waals surface area contributed by atoms with Crippen LogP contribution in [0.3, 0.4) is 0 Å². The molecule has 0 aliphatic heterocycles. The van der Waals surface area contributed by atoms with Gasteiger partial charge in [-0.3, -0.25) is 4.79 Å². The van der Waals surface area contributed by atoms with Crippen molar-refractivity contribution in [3.8, 4) is 0 Å². The van der Waals surface area contributed by atoms with Gasteiger partial charge >= 0.3 is 0 Å². The molecule has 0 aliphatic rings.